The summed E-state index contributed by atoms with van der Waals surface area (Å²) in [5, 5.41) is 8.61. The highest BCUT2D eigenvalue weighted by Gasteiger charge is 2.40. The maximum atomic E-state index is 12.6. The van der Waals surface area contributed by atoms with Gasteiger partial charge in [0.25, 0.3) is 0 Å². The van der Waals surface area contributed by atoms with E-state index in [-0.39, 0.29) is 5.54 Å². The smallest absolute Gasteiger partial charge is 0.207 e. The summed E-state index contributed by atoms with van der Waals surface area (Å²) in [5.74, 6) is 0. The summed E-state index contributed by atoms with van der Waals surface area (Å²) < 4.78 is 26.7. The predicted molar refractivity (Wildman–Crippen MR) is 73.0 cm³/mol. The molecule has 1 aromatic rings. The Labute approximate surface area is 114 Å². The molecule has 19 heavy (non-hydrogen) atoms. The quantitative estimate of drug-likeness (QED) is 0.852. The summed E-state index contributed by atoms with van der Waals surface area (Å²) in [6.07, 6.45) is 2.09. The molecule has 0 atom stereocenters. The van der Waals surface area contributed by atoms with E-state index in [4.69, 9.17) is 5.26 Å². The zero-order valence-corrected chi connectivity index (χ0v) is 12.1. The van der Waals surface area contributed by atoms with E-state index in [1.54, 1.807) is 28.6 Å². The average molecular weight is 278 g/mol. The van der Waals surface area contributed by atoms with Gasteiger partial charge < -0.3 is 0 Å². The normalized spacial score (nSPS) is 19.2. The Morgan fingerprint density at radius 3 is 2.42 bits per heavy atom. The molecule has 0 aromatic heterocycles. The number of nitriles is 1. The molecular formula is C14H18N2O2S. The summed E-state index contributed by atoms with van der Waals surface area (Å²) in [7, 11) is -3.43. The van der Waals surface area contributed by atoms with Crippen molar-refractivity contribution in [2.45, 2.75) is 43.5 Å². The third-order valence-electron chi connectivity index (χ3n) is 3.62. The molecule has 2 rings (SSSR count). The first-order valence-electron chi connectivity index (χ1n) is 6.37. The maximum absolute atomic E-state index is 12.6. The van der Waals surface area contributed by atoms with Crippen molar-refractivity contribution < 1.29 is 8.42 Å². The molecule has 0 radical (unpaired) electrons. The molecule has 4 nitrogen and oxygen atoms in total. The molecule has 1 heterocycles. The standard InChI is InChI=1S/C14H18N2O2S/c1-14(2)9-3-11-16(14)19(17,18)13-6-4-12(5-7-13)8-10-15/h4-7H,3,8-9,11H2,1-2H3. The van der Waals surface area contributed by atoms with Crippen molar-refractivity contribution in [3.63, 3.8) is 0 Å². The Hall–Kier alpha value is -1.38. The first kappa shape index (κ1) is 14.0. The van der Waals surface area contributed by atoms with Gasteiger partial charge in [-0.1, -0.05) is 12.1 Å². The van der Waals surface area contributed by atoms with Crippen LogP contribution in [0.3, 0.4) is 0 Å². The number of sulfonamides is 1. The Morgan fingerprint density at radius 2 is 1.95 bits per heavy atom. The van der Waals surface area contributed by atoms with Crippen LogP contribution in [0.25, 0.3) is 0 Å². The van der Waals surface area contributed by atoms with E-state index in [9.17, 15) is 8.42 Å². The lowest BCUT2D eigenvalue weighted by atomic mass is 10.0. The predicted octanol–water partition coefficient (Wildman–Crippen LogP) is 2.32. The Morgan fingerprint density at radius 1 is 1.32 bits per heavy atom. The van der Waals surface area contributed by atoms with Crippen molar-refractivity contribution >= 4 is 10.0 Å². The number of rotatable bonds is 3. The number of hydrogen-bond acceptors (Lipinski definition) is 3. The molecule has 0 bridgehead atoms. The van der Waals surface area contributed by atoms with Crippen LogP contribution in [-0.2, 0) is 16.4 Å². The zero-order valence-electron chi connectivity index (χ0n) is 11.3. The van der Waals surface area contributed by atoms with Crippen molar-refractivity contribution in [2.75, 3.05) is 6.54 Å². The first-order valence-corrected chi connectivity index (χ1v) is 7.81. The fourth-order valence-electron chi connectivity index (χ4n) is 2.53. The molecule has 1 aliphatic heterocycles. The second kappa shape index (κ2) is 4.95. The summed E-state index contributed by atoms with van der Waals surface area (Å²) in [6, 6.07) is 8.65. The summed E-state index contributed by atoms with van der Waals surface area (Å²) in [6.45, 7) is 4.50. The van der Waals surface area contributed by atoms with Gasteiger partial charge in [0.15, 0.2) is 0 Å². The summed E-state index contributed by atoms with van der Waals surface area (Å²) in [5.41, 5.74) is 0.520. The van der Waals surface area contributed by atoms with Gasteiger partial charge in [-0.25, -0.2) is 8.42 Å². The van der Waals surface area contributed by atoms with Crippen molar-refractivity contribution in [3.05, 3.63) is 29.8 Å². The molecule has 102 valence electrons. The topological polar surface area (TPSA) is 61.2 Å². The van der Waals surface area contributed by atoms with Crippen LogP contribution in [0.1, 0.15) is 32.3 Å². The van der Waals surface area contributed by atoms with Gasteiger partial charge in [-0.05, 0) is 44.4 Å². The molecule has 5 heteroatoms. The van der Waals surface area contributed by atoms with Crippen LogP contribution in [0.5, 0.6) is 0 Å². The molecule has 1 fully saturated rings. The van der Waals surface area contributed by atoms with Gasteiger partial charge in [0.2, 0.25) is 10.0 Å². The van der Waals surface area contributed by atoms with Gasteiger partial charge in [-0.3, -0.25) is 0 Å². The van der Waals surface area contributed by atoms with E-state index in [1.165, 1.54) is 0 Å². The molecular weight excluding hydrogens is 260 g/mol. The highest BCUT2D eigenvalue weighted by molar-refractivity contribution is 7.89. The minimum absolute atomic E-state index is 0.301. The van der Waals surface area contributed by atoms with Crippen LogP contribution in [-0.4, -0.2) is 24.8 Å². The molecule has 0 saturated carbocycles. The lowest BCUT2D eigenvalue weighted by molar-refractivity contribution is 0.291. The van der Waals surface area contributed by atoms with Crippen LogP contribution < -0.4 is 0 Å². The van der Waals surface area contributed by atoms with Crippen molar-refractivity contribution in [3.8, 4) is 6.07 Å². The highest BCUT2D eigenvalue weighted by atomic mass is 32.2. The van der Waals surface area contributed by atoms with Crippen LogP contribution in [0, 0.1) is 11.3 Å². The van der Waals surface area contributed by atoms with Crippen LogP contribution in [0.2, 0.25) is 0 Å². The molecule has 1 aromatic carbocycles. The molecule has 0 aliphatic carbocycles. The average Bonchev–Trinajstić information content (AvgIpc) is 2.71. The van der Waals surface area contributed by atoms with E-state index in [2.05, 4.69) is 6.07 Å². The Bertz CT molecular complexity index is 597. The van der Waals surface area contributed by atoms with Gasteiger partial charge in [0, 0.05) is 12.1 Å². The van der Waals surface area contributed by atoms with Crippen LogP contribution in [0.4, 0.5) is 0 Å². The van der Waals surface area contributed by atoms with Crippen molar-refractivity contribution in [2.24, 2.45) is 0 Å². The fraction of sp³-hybridized carbons (Fsp3) is 0.500. The van der Waals surface area contributed by atoms with Crippen molar-refractivity contribution in [1.29, 1.82) is 5.26 Å². The molecule has 0 N–H and O–H groups in total. The number of hydrogen-bond donors (Lipinski definition) is 0. The van der Waals surface area contributed by atoms with E-state index >= 15 is 0 Å². The Balaban J connectivity index is 2.32. The zero-order chi connectivity index (χ0) is 14.1. The molecule has 1 saturated heterocycles. The molecule has 0 spiro atoms. The van der Waals surface area contributed by atoms with Gasteiger partial charge in [-0.15, -0.1) is 0 Å². The lowest BCUT2D eigenvalue weighted by Gasteiger charge is -2.30. The Kier molecular flexibility index (Phi) is 3.66. The van der Waals surface area contributed by atoms with E-state index in [1.807, 2.05) is 13.8 Å². The van der Waals surface area contributed by atoms with Gasteiger partial charge in [0.05, 0.1) is 17.4 Å². The lowest BCUT2D eigenvalue weighted by Crippen LogP contribution is -2.42. The largest absolute Gasteiger partial charge is 0.243 e. The molecule has 0 amide bonds. The van der Waals surface area contributed by atoms with Crippen molar-refractivity contribution in [1.82, 2.24) is 4.31 Å². The van der Waals surface area contributed by atoms with E-state index in [0.717, 1.165) is 18.4 Å². The third kappa shape index (κ3) is 2.65. The van der Waals surface area contributed by atoms with E-state index in [0.29, 0.717) is 17.9 Å². The SMILES string of the molecule is CC1(C)CCCN1S(=O)(=O)c1ccc(CC#N)cc1. The summed E-state index contributed by atoms with van der Waals surface area (Å²) >= 11 is 0. The molecule has 0 unspecified atom stereocenters. The second-order valence-electron chi connectivity index (χ2n) is 5.47. The number of nitrogens with zero attached hydrogens (tertiary/aromatic N) is 2. The highest BCUT2D eigenvalue weighted by Crippen LogP contribution is 2.33. The number of benzene rings is 1. The minimum Gasteiger partial charge on any atom is -0.207 e. The van der Waals surface area contributed by atoms with Gasteiger partial charge >= 0.3 is 0 Å². The van der Waals surface area contributed by atoms with Crippen LogP contribution >= 0.6 is 0 Å². The van der Waals surface area contributed by atoms with Crippen LogP contribution in [0.15, 0.2) is 29.2 Å². The third-order valence-corrected chi connectivity index (χ3v) is 5.74. The summed E-state index contributed by atoms with van der Waals surface area (Å²) in [4.78, 5) is 0.309. The van der Waals surface area contributed by atoms with Gasteiger partial charge in [-0.2, -0.15) is 9.57 Å². The minimum atomic E-state index is -3.43. The molecule has 1 aliphatic rings. The monoisotopic (exact) mass is 278 g/mol. The van der Waals surface area contributed by atoms with Gasteiger partial charge in [0.1, 0.15) is 0 Å². The second-order valence-corrected chi connectivity index (χ2v) is 7.33. The maximum Gasteiger partial charge on any atom is 0.243 e. The van der Waals surface area contributed by atoms with E-state index < -0.39 is 10.0 Å². The first-order chi connectivity index (χ1) is 8.88. The fourth-order valence-corrected chi connectivity index (χ4v) is 4.37.